The van der Waals surface area contributed by atoms with Crippen LogP contribution >= 0.6 is 0 Å². The molecule has 0 atom stereocenters. The van der Waals surface area contributed by atoms with Gasteiger partial charge >= 0.3 is 45.5 Å². The number of rotatable bonds is 0. The molecule has 0 aliphatic carbocycles. The molecule has 0 aromatic rings. The zero-order valence-electron chi connectivity index (χ0n) is 5.36. The van der Waals surface area contributed by atoms with Gasteiger partial charge < -0.3 is 38.0 Å². The van der Waals surface area contributed by atoms with Crippen LogP contribution in [-0.2, 0) is 4.79 Å². The molecule has 0 spiro atoms. The monoisotopic (exact) mass is 258 g/mol. The first-order valence-electron chi connectivity index (χ1n) is 0.928. The third-order valence-electron chi connectivity index (χ3n) is 0. The van der Waals surface area contributed by atoms with Gasteiger partial charge in [0.25, 0.3) is 5.97 Å². The summed E-state index contributed by atoms with van der Waals surface area (Å²) in [6, 6.07) is 0. The molecule has 8 nitrogen and oxygen atoms in total. The number of carboxylic acids is 1. The van der Waals surface area contributed by atoms with Crippen molar-refractivity contribution in [1.82, 2.24) is 0 Å². The summed E-state index contributed by atoms with van der Waals surface area (Å²) >= 11 is 0. The summed E-state index contributed by atoms with van der Waals surface area (Å²) in [5, 5.41) is 7.42. The number of hydrogen-bond acceptors (Lipinski definition) is 1. The van der Waals surface area contributed by atoms with Crippen LogP contribution in [0.4, 0.5) is 0 Å². The van der Waals surface area contributed by atoms with Crippen LogP contribution in [0.2, 0.25) is 0 Å². The van der Waals surface area contributed by atoms with Crippen molar-refractivity contribution in [1.29, 1.82) is 0 Å². The normalized spacial score (nSPS) is 2.27. The maximum absolute atomic E-state index is 9.00. The minimum absolute atomic E-state index is 0. The first kappa shape index (κ1) is 97.6. The fourth-order valence-electron chi connectivity index (χ4n) is 0. The molecule has 9 heteroatoms. The van der Waals surface area contributed by atoms with Crippen LogP contribution < -0.4 is 0 Å². The minimum atomic E-state index is -0.833. The molecule has 76 valence electrons. The van der Waals surface area contributed by atoms with Crippen LogP contribution in [0.5, 0.6) is 0 Å². The molecule has 0 radical (unpaired) electrons. The predicted octanol–water partition coefficient (Wildman–Crippen LogP) is -5.77. The second-order valence-corrected chi connectivity index (χ2v) is 0.519. The number of aliphatic carboxylic acids is 1. The molecule has 0 aromatic heterocycles. The van der Waals surface area contributed by atoms with Crippen LogP contribution in [0.25, 0.3) is 0 Å². The first-order valence-corrected chi connectivity index (χ1v) is 0.928. The van der Waals surface area contributed by atoms with Crippen molar-refractivity contribution >= 4 is 51.5 Å². The van der Waals surface area contributed by atoms with Crippen molar-refractivity contribution < 1.29 is 42.8 Å². The van der Waals surface area contributed by atoms with E-state index in [1.54, 1.807) is 0 Å². The molecule has 0 bridgehead atoms. The van der Waals surface area contributed by atoms with E-state index in [9.17, 15) is 0 Å². The first-order chi connectivity index (χ1) is 1.73. The van der Waals surface area contributed by atoms with Crippen molar-refractivity contribution in [3.63, 3.8) is 0 Å². The Morgan fingerprint density at radius 2 is 0.909 bits per heavy atom. The number of carbonyl (C=O) groups is 1. The van der Waals surface area contributed by atoms with Gasteiger partial charge in [-0.1, -0.05) is 0 Å². The predicted molar refractivity (Wildman–Crippen MR) is 43.5 cm³/mol. The Morgan fingerprint density at radius 3 is 0.909 bits per heavy atom. The Morgan fingerprint density at radius 1 is 0.909 bits per heavy atom. The molecule has 0 saturated carbocycles. The van der Waals surface area contributed by atoms with Gasteiger partial charge in [-0.2, -0.15) is 0 Å². The van der Waals surface area contributed by atoms with Crippen molar-refractivity contribution in [2.45, 2.75) is 6.92 Å². The van der Waals surface area contributed by atoms with Gasteiger partial charge in [0.05, 0.1) is 0 Å². The summed E-state index contributed by atoms with van der Waals surface area (Å²) < 4.78 is 0. The zero-order chi connectivity index (χ0) is 3.58. The van der Waals surface area contributed by atoms with Gasteiger partial charge in [-0.3, -0.25) is 4.79 Å². The van der Waals surface area contributed by atoms with E-state index in [0.29, 0.717) is 0 Å². The molecule has 0 aliphatic heterocycles. The molecule has 13 N–H and O–H groups in total. The summed E-state index contributed by atoms with van der Waals surface area (Å²) in [5.74, 6) is -0.833. The van der Waals surface area contributed by atoms with E-state index in [1.165, 1.54) is 0 Å². The Balaban J connectivity index is -0.00000000214. The van der Waals surface area contributed by atoms with Crippen molar-refractivity contribution in [2.75, 3.05) is 0 Å². The maximum atomic E-state index is 9.00. The number of carboxylic acid groups (broad SMARTS) is 1. The van der Waals surface area contributed by atoms with E-state index in [0.717, 1.165) is 6.92 Å². The standard InChI is InChI=1S/C2H4O2.6H2O.Sr.2H/c1-2(3)4;;;;;;;;;/h1H3,(H,3,4);6*1H2;;;. The topological polar surface area (TPSA) is 226 Å². The van der Waals surface area contributed by atoms with Gasteiger partial charge in [0.1, 0.15) is 0 Å². The van der Waals surface area contributed by atoms with E-state index in [2.05, 4.69) is 0 Å². The molecule has 0 amide bonds. The Labute approximate surface area is 100 Å². The van der Waals surface area contributed by atoms with E-state index in [4.69, 9.17) is 9.90 Å². The van der Waals surface area contributed by atoms with E-state index < -0.39 is 5.97 Å². The third-order valence-corrected chi connectivity index (χ3v) is 0. The summed E-state index contributed by atoms with van der Waals surface area (Å²) in [4.78, 5) is 9.00. The Kier molecular flexibility index (Phi) is 651. The second-order valence-electron chi connectivity index (χ2n) is 0.519. The fourth-order valence-corrected chi connectivity index (χ4v) is 0. The van der Waals surface area contributed by atoms with Crippen molar-refractivity contribution in [2.24, 2.45) is 0 Å². The van der Waals surface area contributed by atoms with Crippen LogP contribution in [0.15, 0.2) is 0 Å². The number of hydrogen-bond donors (Lipinski definition) is 1. The van der Waals surface area contributed by atoms with Crippen molar-refractivity contribution in [3.8, 4) is 0 Å². The summed E-state index contributed by atoms with van der Waals surface area (Å²) in [5.41, 5.74) is 0. The molecule has 0 unspecified atom stereocenters. The van der Waals surface area contributed by atoms with Gasteiger partial charge in [0.15, 0.2) is 0 Å². The van der Waals surface area contributed by atoms with Crippen LogP contribution in [-0.4, -0.2) is 89.4 Å². The third kappa shape index (κ3) is 1610. The van der Waals surface area contributed by atoms with E-state index >= 15 is 0 Å². The summed E-state index contributed by atoms with van der Waals surface area (Å²) in [6.07, 6.45) is 0. The zero-order valence-corrected chi connectivity index (χ0v) is 5.36. The van der Waals surface area contributed by atoms with E-state index in [1.807, 2.05) is 0 Å². The van der Waals surface area contributed by atoms with Crippen LogP contribution in [0.1, 0.15) is 6.92 Å². The molecule has 0 aromatic carbocycles. The average Bonchev–Trinajstić information content (AvgIpc) is 0.811. The molecule has 0 rings (SSSR count). The second kappa shape index (κ2) is 73.4. The summed E-state index contributed by atoms with van der Waals surface area (Å²) in [7, 11) is 0. The van der Waals surface area contributed by atoms with Crippen LogP contribution in [0, 0.1) is 0 Å². The molecule has 0 saturated heterocycles. The van der Waals surface area contributed by atoms with Gasteiger partial charge in [0.2, 0.25) is 0 Å². The van der Waals surface area contributed by atoms with Gasteiger partial charge in [-0.05, 0) is 0 Å². The quantitative estimate of drug-likeness (QED) is 0.418. The van der Waals surface area contributed by atoms with Gasteiger partial charge in [0, 0.05) is 6.92 Å². The van der Waals surface area contributed by atoms with Crippen molar-refractivity contribution in [3.05, 3.63) is 0 Å². The Bertz CT molecular complexity index is 35.1. The molecule has 0 heterocycles. The van der Waals surface area contributed by atoms with Gasteiger partial charge in [-0.25, -0.2) is 0 Å². The fraction of sp³-hybridized carbons (Fsp3) is 0.500. The summed E-state index contributed by atoms with van der Waals surface area (Å²) in [6.45, 7) is 1.08. The Hall–Kier alpha value is 0.711. The van der Waals surface area contributed by atoms with E-state index in [-0.39, 0.29) is 78.3 Å². The van der Waals surface area contributed by atoms with Gasteiger partial charge in [-0.15, -0.1) is 0 Å². The molecule has 11 heavy (non-hydrogen) atoms. The average molecular weight is 258 g/mol. The van der Waals surface area contributed by atoms with Crippen LogP contribution in [0.3, 0.4) is 0 Å². The molecule has 0 aliphatic rings. The molecule has 0 fully saturated rings. The molecular formula is C2H18O8Sr. The SMILES string of the molecule is CC(=O)O.O.O.O.O.O.O.[SrH2]. The molecular weight excluding hydrogens is 240 g/mol.